The second-order valence-electron chi connectivity index (χ2n) is 6.27. The van der Waals surface area contributed by atoms with E-state index in [1.807, 2.05) is 0 Å². The quantitative estimate of drug-likeness (QED) is 0.371. The molecule has 4 nitrogen and oxygen atoms in total. The number of benzene rings is 2. The zero-order valence-corrected chi connectivity index (χ0v) is 17.0. The number of halogens is 3. The van der Waals surface area contributed by atoms with Crippen LogP contribution in [0.5, 0.6) is 0 Å². The SMILES string of the molecule is O=C(CSc1ccc(F)cc1)N(Cc1ccccn1)c1nc2c(F)cc(F)cc2s1. The Hall–Kier alpha value is -2.91. The molecule has 0 unspecified atom stereocenters. The van der Waals surface area contributed by atoms with Crippen LogP contribution in [0.1, 0.15) is 5.69 Å². The first-order valence-electron chi connectivity index (χ1n) is 8.84. The van der Waals surface area contributed by atoms with Crippen molar-refractivity contribution in [2.45, 2.75) is 11.4 Å². The van der Waals surface area contributed by atoms with E-state index in [2.05, 4.69) is 9.97 Å². The number of hydrogen-bond donors (Lipinski definition) is 0. The third kappa shape index (κ3) is 4.63. The molecule has 0 aliphatic heterocycles. The summed E-state index contributed by atoms with van der Waals surface area (Å²) in [5.41, 5.74) is 0.643. The summed E-state index contributed by atoms with van der Waals surface area (Å²) in [6.45, 7) is 0.133. The summed E-state index contributed by atoms with van der Waals surface area (Å²) in [6, 6.07) is 13.1. The van der Waals surface area contributed by atoms with Crippen LogP contribution in [-0.2, 0) is 11.3 Å². The molecule has 0 spiro atoms. The Morgan fingerprint density at radius 1 is 1.03 bits per heavy atom. The molecule has 1 amide bonds. The molecular formula is C21H14F3N3OS2. The van der Waals surface area contributed by atoms with Crippen LogP contribution in [0.25, 0.3) is 10.2 Å². The summed E-state index contributed by atoms with van der Waals surface area (Å²) < 4.78 is 41.1. The first-order valence-corrected chi connectivity index (χ1v) is 10.6. The monoisotopic (exact) mass is 445 g/mol. The molecule has 0 N–H and O–H groups in total. The van der Waals surface area contributed by atoms with Crippen LogP contribution in [0.4, 0.5) is 18.3 Å². The lowest BCUT2D eigenvalue weighted by molar-refractivity contribution is -0.116. The van der Waals surface area contributed by atoms with Crippen molar-refractivity contribution in [3.63, 3.8) is 0 Å². The molecule has 2 aromatic heterocycles. The Kier molecular flexibility index (Phi) is 6.01. The number of fused-ring (bicyclic) bond motifs is 1. The van der Waals surface area contributed by atoms with Gasteiger partial charge in [-0.2, -0.15) is 0 Å². The normalized spacial score (nSPS) is 11.0. The van der Waals surface area contributed by atoms with Crippen molar-refractivity contribution in [3.05, 3.63) is 83.9 Å². The highest BCUT2D eigenvalue weighted by molar-refractivity contribution is 8.00. The van der Waals surface area contributed by atoms with E-state index in [-0.39, 0.29) is 34.7 Å². The molecule has 0 radical (unpaired) electrons. The zero-order chi connectivity index (χ0) is 21.1. The Morgan fingerprint density at radius 2 is 1.83 bits per heavy atom. The number of aromatic nitrogens is 2. The van der Waals surface area contributed by atoms with Gasteiger partial charge in [0, 0.05) is 17.2 Å². The maximum atomic E-state index is 14.1. The van der Waals surface area contributed by atoms with Crippen molar-refractivity contribution in [2.24, 2.45) is 0 Å². The molecule has 0 fully saturated rings. The molecule has 30 heavy (non-hydrogen) atoms. The van der Waals surface area contributed by atoms with Gasteiger partial charge in [0.15, 0.2) is 10.9 Å². The molecule has 0 saturated carbocycles. The van der Waals surface area contributed by atoms with E-state index in [9.17, 15) is 18.0 Å². The van der Waals surface area contributed by atoms with Crippen molar-refractivity contribution in [3.8, 4) is 0 Å². The summed E-state index contributed by atoms with van der Waals surface area (Å²) in [6.07, 6.45) is 1.61. The van der Waals surface area contributed by atoms with Crippen LogP contribution in [0.3, 0.4) is 0 Å². The minimum Gasteiger partial charge on any atom is -0.281 e. The molecule has 2 aromatic carbocycles. The average molecular weight is 445 g/mol. The molecule has 9 heteroatoms. The number of pyridine rings is 1. The smallest absolute Gasteiger partial charge is 0.239 e. The van der Waals surface area contributed by atoms with E-state index < -0.39 is 11.6 Å². The van der Waals surface area contributed by atoms with E-state index >= 15 is 0 Å². The number of anilines is 1. The second kappa shape index (κ2) is 8.85. The summed E-state index contributed by atoms with van der Waals surface area (Å²) in [7, 11) is 0. The van der Waals surface area contributed by atoms with Crippen molar-refractivity contribution < 1.29 is 18.0 Å². The lowest BCUT2D eigenvalue weighted by Gasteiger charge is -2.19. The first-order chi connectivity index (χ1) is 14.5. The van der Waals surface area contributed by atoms with E-state index in [1.165, 1.54) is 34.9 Å². The predicted molar refractivity (Wildman–Crippen MR) is 112 cm³/mol. The fourth-order valence-corrected chi connectivity index (χ4v) is 4.53. The van der Waals surface area contributed by atoms with Crippen LogP contribution in [0.15, 0.2) is 65.7 Å². The molecule has 0 aliphatic carbocycles. The highest BCUT2D eigenvalue weighted by Gasteiger charge is 2.22. The molecule has 152 valence electrons. The summed E-state index contributed by atoms with van der Waals surface area (Å²) >= 11 is 2.28. The van der Waals surface area contributed by atoms with E-state index in [4.69, 9.17) is 0 Å². The van der Waals surface area contributed by atoms with Crippen molar-refractivity contribution in [2.75, 3.05) is 10.7 Å². The Bertz CT molecular complexity index is 1180. The third-order valence-corrected chi connectivity index (χ3v) is 6.18. The van der Waals surface area contributed by atoms with E-state index in [1.54, 1.807) is 36.5 Å². The number of hydrogen-bond acceptors (Lipinski definition) is 5. The van der Waals surface area contributed by atoms with Crippen molar-refractivity contribution in [1.82, 2.24) is 9.97 Å². The maximum absolute atomic E-state index is 14.1. The van der Waals surface area contributed by atoms with Crippen LogP contribution in [0, 0.1) is 17.5 Å². The highest BCUT2D eigenvalue weighted by atomic mass is 32.2. The summed E-state index contributed by atoms with van der Waals surface area (Å²) in [4.78, 5) is 23.6. The minimum atomic E-state index is -0.779. The molecular weight excluding hydrogens is 431 g/mol. The summed E-state index contributed by atoms with van der Waals surface area (Å²) in [5.74, 6) is -2.06. The Balaban J connectivity index is 1.63. The second-order valence-corrected chi connectivity index (χ2v) is 8.33. The molecule has 0 saturated heterocycles. The van der Waals surface area contributed by atoms with Gasteiger partial charge in [0.05, 0.1) is 22.7 Å². The fourth-order valence-electron chi connectivity index (χ4n) is 2.73. The van der Waals surface area contributed by atoms with Gasteiger partial charge >= 0.3 is 0 Å². The lowest BCUT2D eigenvalue weighted by atomic mass is 10.3. The average Bonchev–Trinajstić information content (AvgIpc) is 3.16. The lowest BCUT2D eigenvalue weighted by Crippen LogP contribution is -2.32. The number of amides is 1. The van der Waals surface area contributed by atoms with Crippen molar-refractivity contribution in [1.29, 1.82) is 0 Å². The number of carbonyl (C=O) groups is 1. The first kappa shape index (κ1) is 20.4. The van der Waals surface area contributed by atoms with Crippen LogP contribution < -0.4 is 4.90 Å². The number of thiazole rings is 1. The molecule has 0 aliphatic rings. The molecule has 0 atom stereocenters. The van der Waals surface area contributed by atoms with Crippen LogP contribution in [-0.4, -0.2) is 21.6 Å². The molecule has 0 bridgehead atoms. The fraction of sp³-hybridized carbons (Fsp3) is 0.0952. The van der Waals surface area contributed by atoms with Gasteiger partial charge in [-0.05, 0) is 42.5 Å². The number of rotatable bonds is 6. The highest BCUT2D eigenvalue weighted by Crippen LogP contribution is 2.32. The van der Waals surface area contributed by atoms with Gasteiger partial charge < -0.3 is 0 Å². The van der Waals surface area contributed by atoms with Crippen LogP contribution in [0.2, 0.25) is 0 Å². The van der Waals surface area contributed by atoms with Gasteiger partial charge in [-0.15, -0.1) is 11.8 Å². The van der Waals surface area contributed by atoms with Gasteiger partial charge in [-0.25, -0.2) is 18.2 Å². The van der Waals surface area contributed by atoms with Gasteiger partial charge in [0.1, 0.15) is 17.2 Å². The zero-order valence-electron chi connectivity index (χ0n) is 15.4. The van der Waals surface area contributed by atoms with Crippen molar-refractivity contribution >= 4 is 44.4 Å². The third-order valence-electron chi connectivity index (χ3n) is 4.16. The largest absolute Gasteiger partial charge is 0.281 e. The molecule has 4 rings (SSSR count). The topological polar surface area (TPSA) is 46.1 Å². The summed E-state index contributed by atoms with van der Waals surface area (Å²) in [5, 5.41) is 0.254. The van der Waals surface area contributed by atoms with Gasteiger partial charge in [0.2, 0.25) is 5.91 Å². The Labute approximate surface area is 178 Å². The van der Waals surface area contributed by atoms with Crippen LogP contribution >= 0.6 is 23.1 Å². The Morgan fingerprint density at radius 3 is 2.57 bits per heavy atom. The van der Waals surface area contributed by atoms with E-state index in [0.29, 0.717) is 10.4 Å². The number of thioether (sulfide) groups is 1. The molecule has 4 aromatic rings. The van der Waals surface area contributed by atoms with Gasteiger partial charge in [-0.3, -0.25) is 14.7 Å². The predicted octanol–water partition coefficient (Wildman–Crippen LogP) is 5.43. The minimum absolute atomic E-state index is 0.0152. The number of nitrogens with zero attached hydrogens (tertiary/aromatic N) is 3. The van der Waals surface area contributed by atoms with Gasteiger partial charge in [0.25, 0.3) is 0 Å². The van der Waals surface area contributed by atoms with E-state index in [0.717, 1.165) is 22.3 Å². The number of carbonyl (C=O) groups excluding carboxylic acids is 1. The molecule has 2 heterocycles. The standard InChI is InChI=1S/C21H14F3N3OS2/c22-13-4-6-16(7-5-13)29-12-19(28)27(11-15-3-1-2-8-25-15)21-26-20-17(24)9-14(23)10-18(20)30-21/h1-10H,11-12H2. The van der Waals surface area contributed by atoms with Gasteiger partial charge in [-0.1, -0.05) is 17.4 Å². The maximum Gasteiger partial charge on any atom is 0.239 e.